The average molecular weight is 361 g/mol. The third-order valence-electron chi connectivity index (χ3n) is 2.94. The molecule has 18 heavy (non-hydrogen) atoms. The molecule has 96 valence electrons. The van der Waals surface area contributed by atoms with E-state index >= 15 is 0 Å². The van der Waals surface area contributed by atoms with Crippen LogP contribution in [0.15, 0.2) is 18.2 Å². The number of carbonyl (C=O) groups is 2. The number of nitrogens with zero attached hydrogens (tertiary/aromatic N) is 1. The van der Waals surface area contributed by atoms with Crippen molar-refractivity contribution < 1.29 is 19.8 Å². The molecule has 1 saturated heterocycles. The highest BCUT2D eigenvalue weighted by molar-refractivity contribution is 14.1. The van der Waals surface area contributed by atoms with E-state index in [2.05, 4.69) is 22.6 Å². The predicted octanol–water partition coefficient (Wildman–Crippen LogP) is 1.33. The van der Waals surface area contributed by atoms with Crippen LogP contribution in [0.2, 0.25) is 0 Å². The van der Waals surface area contributed by atoms with Crippen molar-refractivity contribution in [2.75, 3.05) is 18.1 Å². The first-order valence-electron chi connectivity index (χ1n) is 5.47. The second-order valence-corrected chi connectivity index (χ2v) is 5.47. The summed E-state index contributed by atoms with van der Waals surface area (Å²) in [6.45, 7) is 0.310. The molecule has 1 amide bonds. The van der Waals surface area contributed by atoms with Gasteiger partial charge in [0.15, 0.2) is 0 Å². The number of amides is 1. The fourth-order valence-corrected chi connectivity index (χ4v) is 2.52. The lowest BCUT2D eigenvalue weighted by molar-refractivity contribution is -0.117. The predicted molar refractivity (Wildman–Crippen MR) is 73.7 cm³/mol. The molecule has 1 aromatic carbocycles. The van der Waals surface area contributed by atoms with Crippen molar-refractivity contribution >= 4 is 40.2 Å². The molecular weight excluding hydrogens is 349 g/mol. The summed E-state index contributed by atoms with van der Waals surface area (Å²) in [4.78, 5) is 24.5. The summed E-state index contributed by atoms with van der Waals surface area (Å²) < 4.78 is 0.868. The van der Waals surface area contributed by atoms with Crippen LogP contribution in [0.4, 0.5) is 5.69 Å². The van der Waals surface area contributed by atoms with Crippen LogP contribution in [0, 0.1) is 9.49 Å². The van der Waals surface area contributed by atoms with Gasteiger partial charge in [0.05, 0.1) is 11.3 Å². The zero-order valence-electron chi connectivity index (χ0n) is 9.47. The Labute approximate surface area is 118 Å². The Morgan fingerprint density at radius 3 is 2.78 bits per heavy atom. The first kappa shape index (κ1) is 13.3. The van der Waals surface area contributed by atoms with E-state index in [9.17, 15) is 9.59 Å². The van der Waals surface area contributed by atoms with Crippen molar-refractivity contribution in [2.24, 2.45) is 5.92 Å². The topological polar surface area (TPSA) is 77.8 Å². The summed E-state index contributed by atoms with van der Waals surface area (Å²) in [5, 5.41) is 18.2. The average Bonchev–Trinajstić information content (AvgIpc) is 2.70. The number of benzene rings is 1. The van der Waals surface area contributed by atoms with Gasteiger partial charge in [0.2, 0.25) is 5.91 Å². The van der Waals surface area contributed by atoms with E-state index in [1.165, 1.54) is 11.0 Å². The van der Waals surface area contributed by atoms with Crippen LogP contribution in [0.1, 0.15) is 16.8 Å². The summed E-state index contributed by atoms with van der Waals surface area (Å²) in [7, 11) is 0. The summed E-state index contributed by atoms with van der Waals surface area (Å²) in [6.07, 6.45) is 0.265. The number of aromatic carboxylic acids is 1. The number of carbonyl (C=O) groups excluding carboxylic acids is 1. The number of hydrogen-bond donors (Lipinski definition) is 2. The molecule has 0 aliphatic carbocycles. The van der Waals surface area contributed by atoms with Gasteiger partial charge in [0.1, 0.15) is 0 Å². The molecule has 1 unspecified atom stereocenters. The van der Waals surface area contributed by atoms with Crippen molar-refractivity contribution in [3.8, 4) is 0 Å². The fourth-order valence-electron chi connectivity index (χ4n) is 2.05. The van der Waals surface area contributed by atoms with Crippen molar-refractivity contribution in [3.63, 3.8) is 0 Å². The maximum Gasteiger partial charge on any atom is 0.337 e. The fraction of sp³-hybridized carbons (Fsp3) is 0.333. The molecule has 1 aromatic rings. The monoisotopic (exact) mass is 361 g/mol. The molecule has 1 aliphatic rings. The van der Waals surface area contributed by atoms with Gasteiger partial charge in [-0.25, -0.2) is 4.79 Å². The Hall–Kier alpha value is -1.15. The lowest BCUT2D eigenvalue weighted by Crippen LogP contribution is -2.27. The van der Waals surface area contributed by atoms with E-state index in [-0.39, 0.29) is 30.4 Å². The molecule has 2 rings (SSSR count). The van der Waals surface area contributed by atoms with Crippen molar-refractivity contribution in [1.82, 2.24) is 0 Å². The first-order valence-corrected chi connectivity index (χ1v) is 6.55. The van der Waals surface area contributed by atoms with E-state index in [1.54, 1.807) is 12.1 Å². The lowest BCUT2D eigenvalue weighted by atomic mass is 10.1. The molecule has 5 nitrogen and oxygen atoms in total. The minimum absolute atomic E-state index is 0.0609. The number of carboxylic acids is 1. The van der Waals surface area contributed by atoms with Crippen LogP contribution in [-0.2, 0) is 4.79 Å². The molecule has 2 N–H and O–H groups in total. The molecule has 1 atom stereocenters. The number of aliphatic hydroxyl groups is 1. The van der Waals surface area contributed by atoms with Crippen molar-refractivity contribution in [1.29, 1.82) is 0 Å². The van der Waals surface area contributed by atoms with Crippen LogP contribution in [0.3, 0.4) is 0 Å². The van der Waals surface area contributed by atoms with E-state index in [0.29, 0.717) is 12.2 Å². The Bertz CT molecular complexity index is 503. The highest BCUT2D eigenvalue weighted by Gasteiger charge is 2.32. The van der Waals surface area contributed by atoms with Crippen molar-refractivity contribution in [3.05, 3.63) is 27.3 Å². The van der Waals surface area contributed by atoms with Crippen LogP contribution < -0.4 is 4.90 Å². The van der Waals surface area contributed by atoms with Gasteiger partial charge in [-0.3, -0.25) is 4.79 Å². The van der Waals surface area contributed by atoms with E-state index in [0.717, 1.165) is 3.57 Å². The Morgan fingerprint density at radius 1 is 1.50 bits per heavy atom. The summed E-state index contributed by atoms with van der Waals surface area (Å²) in [5.74, 6) is -1.31. The Kier molecular flexibility index (Phi) is 3.86. The van der Waals surface area contributed by atoms with Gasteiger partial charge in [0, 0.05) is 29.1 Å². The number of hydrogen-bond acceptors (Lipinski definition) is 3. The van der Waals surface area contributed by atoms with E-state index < -0.39 is 5.97 Å². The maximum absolute atomic E-state index is 11.8. The normalized spacial score (nSPS) is 19.3. The zero-order valence-corrected chi connectivity index (χ0v) is 11.6. The smallest absolute Gasteiger partial charge is 0.337 e. The molecule has 0 saturated carbocycles. The maximum atomic E-state index is 11.8. The van der Waals surface area contributed by atoms with Crippen LogP contribution in [0.25, 0.3) is 0 Å². The molecule has 0 radical (unpaired) electrons. The zero-order chi connectivity index (χ0) is 13.3. The number of carboxylic acid groups (broad SMARTS) is 1. The molecule has 1 fully saturated rings. The second kappa shape index (κ2) is 5.23. The van der Waals surface area contributed by atoms with Gasteiger partial charge in [-0.05, 0) is 40.8 Å². The van der Waals surface area contributed by atoms with E-state index in [4.69, 9.17) is 10.2 Å². The standard InChI is InChI=1S/C12H12INO4/c13-8-1-2-9(12(17)18)10(4-8)14-5-7(6-15)3-11(14)16/h1-2,4,7,15H,3,5-6H2,(H,17,18). The highest BCUT2D eigenvalue weighted by atomic mass is 127. The van der Waals surface area contributed by atoms with Crippen molar-refractivity contribution in [2.45, 2.75) is 6.42 Å². The number of aliphatic hydroxyl groups excluding tert-OH is 1. The lowest BCUT2D eigenvalue weighted by Gasteiger charge is -2.19. The van der Waals surface area contributed by atoms with Crippen LogP contribution in [0.5, 0.6) is 0 Å². The Balaban J connectivity index is 2.41. The summed E-state index contributed by atoms with van der Waals surface area (Å²) >= 11 is 2.07. The number of anilines is 1. The van der Waals surface area contributed by atoms with Gasteiger partial charge < -0.3 is 15.1 Å². The molecule has 0 spiro atoms. The summed E-state index contributed by atoms with van der Waals surface area (Å²) in [5.41, 5.74) is 0.526. The molecule has 1 heterocycles. The molecule has 1 aliphatic heterocycles. The minimum Gasteiger partial charge on any atom is -0.478 e. The van der Waals surface area contributed by atoms with Crippen LogP contribution in [-0.4, -0.2) is 35.2 Å². The summed E-state index contributed by atoms with van der Waals surface area (Å²) in [6, 6.07) is 4.87. The van der Waals surface area contributed by atoms with Gasteiger partial charge in [-0.15, -0.1) is 0 Å². The highest BCUT2D eigenvalue weighted by Crippen LogP contribution is 2.29. The SMILES string of the molecule is O=C(O)c1ccc(I)cc1N1CC(CO)CC1=O. The van der Waals surface area contributed by atoms with Gasteiger partial charge >= 0.3 is 5.97 Å². The third-order valence-corrected chi connectivity index (χ3v) is 3.62. The van der Waals surface area contributed by atoms with Gasteiger partial charge in [-0.2, -0.15) is 0 Å². The first-order chi connectivity index (χ1) is 8.52. The molecular formula is C12H12INO4. The number of halogens is 1. The van der Waals surface area contributed by atoms with Gasteiger partial charge in [0.25, 0.3) is 0 Å². The third kappa shape index (κ3) is 2.49. The van der Waals surface area contributed by atoms with Crippen LogP contribution >= 0.6 is 22.6 Å². The molecule has 0 bridgehead atoms. The second-order valence-electron chi connectivity index (χ2n) is 4.22. The Morgan fingerprint density at radius 2 is 2.22 bits per heavy atom. The molecule has 6 heteroatoms. The quantitative estimate of drug-likeness (QED) is 0.797. The molecule has 0 aromatic heterocycles. The van der Waals surface area contributed by atoms with Gasteiger partial charge in [-0.1, -0.05) is 0 Å². The van der Waals surface area contributed by atoms with E-state index in [1.807, 2.05) is 0 Å². The minimum atomic E-state index is -1.05. The number of rotatable bonds is 3. The largest absolute Gasteiger partial charge is 0.478 e.